The third-order valence-electron chi connectivity index (χ3n) is 7.72. The van der Waals surface area contributed by atoms with Gasteiger partial charge < -0.3 is 14.4 Å². The zero-order chi connectivity index (χ0) is 29.1. The second kappa shape index (κ2) is 12.9. The van der Waals surface area contributed by atoms with Crippen molar-refractivity contribution in [2.45, 2.75) is 33.1 Å². The number of hydrogen-bond acceptors (Lipinski definition) is 3. The van der Waals surface area contributed by atoms with Crippen LogP contribution in [0.25, 0.3) is 44.5 Å². The normalized spacial score (nSPS) is 11.1. The van der Waals surface area contributed by atoms with Crippen LogP contribution >= 0.6 is 0 Å². The van der Waals surface area contributed by atoms with Crippen molar-refractivity contribution in [1.29, 1.82) is 0 Å². The summed E-state index contributed by atoms with van der Waals surface area (Å²) in [5, 5.41) is 2.25. The van der Waals surface area contributed by atoms with E-state index in [0.717, 1.165) is 50.0 Å². The van der Waals surface area contributed by atoms with E-state index in [0.29, 0.717) is 0 Å². The van der Waals surface area contributed by atoms with E-state index in [4.69, 9.17) is 4.42 Å². The van der Waals surface area contributed by atoms with E-state index in [1.54, 1.807) is 0 Å². The Hall–Kier alpha value is -4.37. The molecule has 3 heterocycles. The molecule has 4 heteroatoms. The van der Waals surface area contributed by atoms with Gasteiger partial charge in [0.05, 0.1) is 5.58 Å². The monoisotopic (exact) mass is 737 g/mol. The van der Waals surface area contributed by atoms with Crippen molar-refractivity contribution in [1.82, 2.24) is 9.97 Å². The van der Waals surface area contributed by atoms with Crippen LogP contribution in [-0.2, 0) is 25.5 Å². The molecule has 3 aromatic heterocycles. The Morgan fingerprint density at radius 2 is 1.44 bits per heavy atom. The molecule has 0 spiro atoms. The molecule has 0 atom stereocenters. The fourth-order valence-electron chi connectivity index (χ4n) is 5.20. The van der Waals surface area contributed by atoms with Crippen molar-refractivity contribution in [3.05, 3.63) is 156 Å². The van der Waals surface area contributed by atoms with Gasteiger partial charge in [0, 0.05) is 43.3 Å². The van der Waals surface area contributed by atoms with E-state index in [1.807, 2.05) is 61.8 Å². The summed E-state index contributed by atoms with van der Waals surface area (Å²) >= 11 is 0. The summed E-state index contributed by atoms with van der Waals surface area (Å²) in [4.78, 5) is 8.98. The van der Waals surface area contributed by atoms with E-state index >= 15 is 0 Å². The molecule has 43 heavy (non-hydrogen) atoms. The molecule has 215 valence electrons. The molecule has 0 bridgehead atoms. The zero-order valence-corrected chi connectivity index (χ0v) is 27.1. The average Bonchev–Trinajstić information content (AvgIpc) is 3.40. The molecule has 0 aliphatic heterocycles. The summed E-state index contributed by atoms with van der Waals surface area (Å²) in [6.07, 6.45) is 3.75. The first-order chi connectivity index (χ1) is 20.4. The van der Waals surface area contributed by atoms with Crippen molar-refractivity contribution in [2.75, 3.05) is 0 Å². The standard InChI is InChI=1S/C20H18N.C19H14NO.Ir/c1-20(2,17-11-7-4-8-12-17)18-13-14-21-19(15-18)16-9-5-3-6-10-16;1-12-6-8-14-15-4-3-5-16(19(15)21-18(14)10-12)17-9-7-13(2)11-20-17;/h3-9,11-15H,1-2H3;3-4,6-11H,1-2H3;/q2*-1;. The molecule has 7 aromatic rings. The van der Waals surface area contributed by atoms with Crippen LogP contribution in [0.4, 0.5) is 0 Å². The van der Waals surface area contributed by atoms with Crippen LogP contribution in [0, 0.1) is 26.0 Å². The van der Waals surface area contributed by atoms with Crippen LogP contribution in [0.1, 0.15) is 36.1 Å². The van der Waals surface area contributed by atoms with Crippen LogP contribution in [0.15, 0.2) is 126 Å². The number of aromatic nitrogens is 2. The molecule has 0 N–H and O–H groups in total. The SMILES string of the molecule is CC(C)(c1ccccc1)c1ccnc(-c2[c-]cccc2)c1.Cc1ccc(-c2[c-]ccc3c2oc2cc(C)ccc23)nc1.[Ir]. The molecular formula is C39H32IrN2O-2. The average molecular weight is 737 g/mol. The Labute approximate surface area is 267 Å². The number of rotatable bonds is 4. The zero-order valence-electron chi connectivity index (χ0n) is 24.7. The number of fused-ring (bicyclic) bond motifs is 3. The van der Waals surface area contributed by atoms with Crippen LogP contribution in [-0.4, -0.2) is 9.97 Å². The molecule has 0 unspecified atom stereocenters. The van der Waals surface area contributed by atoms with Crippen molar-refractivity contribution in [2.24, 2.45) is 0 Å². The summed E-state index contributed by atoms with van der Waals surface area (Å²) in [7, 11) is 0. The largest absolute Gasteiger partial charge is 0.501 e. The van der Waals surface area contributed by atoms with Crippen LogP contribution in [0.5, 0.6) is 0 Å². The maximum absolute atomic E-state index is 6.08. The Balaban J connectivity index is 0.000000167. The maximum atomic E-state index is 6.08. The molecule has 0 aliphatic rings. The molecule has 4 aromatic carbocycles. The molecule has 7 rings (SSSR count). The topological polar surface area (TPSA) is 38.9 Å². The minimum atomic E-state index is -0.0479. The number of pyridine rings is 2. The molecule has 0 fully saturated rings. The Morgan fingerprint density at radius 1 is 0.651 bits per heavy atom. The molecule has 0 aliphatic carbocycles. The Morgan fingerprint density at radius 3 is 2.19 bits per heavy atom. The molecule has 3 nitrogen and oxygen atoms in total. The van der Waals surface area contributed by atoms with Gasteiger partial charge in [-0.3, -0.25) is 0 Å². The van der Waals surface area contributed by atoms with Gasteiger partial charge in [-0.2, -0.15) is 0 Å². The third kappa shape index (κ3) is 6.37. The second-order valence-electron chi connectivity index (χ2n) is 11.1. The Bertz CT molecular complexity index is 1960. The molecule has 0 saturated heterocycles. The first kappa shape index (κ1) is 30.1. The number of hydrogen-bond donors (Lipinski definition) is 0. The summed E-state index contributed by atoms with van der Waals surface area (Å²) < 4.78 is 6.08. The first-order valence-corrected chi connectivity index (χ1v) is 14.2. The van der Waals surface area contributed by atoms with Gasteiger partial charge in [0.15, 0.2) is 0 Å². The van der Waals surface area contributed by atoms with Crippen molar-refractivity contribution in [3.8, 4) is 22.5 Å². The Kier molecular flexibility index (Phi) is 9.01. The van der Waals surface area contributed by atoms with Crippen LogP contribution in [0.2, 0.25) is 0 Å². The van der Waals surface area contributed by atoms with Crippen molar-refractivity contribution < 1.29 is 24.5 Å². The van der Waals surface area contributed by atoms with Crippen LogP contribution in [0.3, 0.4) is 0 Å². The summed E-state index contributed by atoms with van der Waals surface area (Å²) in [6, 6.07) is 43.7. The maximum Gasteiger partial charge on any atom is 0.121 e. The van der Waals surface area contributed by atoms with Gasteiger partial charge >= 0.3 is 0 Å². The van der Waals surface area contributed by atoms with Gasteiger partial charge in [-0.25, -0.2) is 0 Å². The number of nitrogens with zero attached hydrogens (tertiary/aromatic N) is 2. The van der Waals surface area contributed by atoms with Gasteiger partial charge in [0.2, 0.25) is 0 Å². The quantitative estimate of drug-likeness (QED) is 0.169. The first-order valence-electron chi connectivity index (χ1n) is 14.2. The summed E-state index contributed by atoms with van der Waals surface area (Å²) in [5.74, 6) is 0. The smallest absolute Gasteiger partial charge is 0.121 e. The minimum Gasteiger partial charge on any atom is -0.501 e. The van der Waals surface area contributed by atoms with Crippen LogP contribution < -0.4 is 0 Å². The predicted octanol–water partition coefficient (Wildman–Crippen LogP) is 9.94. The van der Waals surface area contributed by atoms with Crippen molar-refractivity contribution in [3.63, 3.8) is 0 Å². The molecule has 1 radical (unpaired) electrons. The number of benzene rings is 4. The van der Waals surface area contributed by atoms with Gasteiger partial charge in [-0.05, 0) is 59.6 Å². The fourth-order valence-corrected chi connectivity index (χ4v) is 5.20. The van der Waals surface area contributed by atoms with Gasteiger partial charge in [0.1, 0.15) is 5.58 Å². The summed E-state index contributed by atoms with van der Waals surface area (Å²) in [6.45, 7) is 8.60. The van der Waals surface area contributed by atoms with E-state index in [1.165, 1.54) is 16.7 Å². The molecular weight excluding hydrogens is 705 g/mol. The van der Waals surface area contributed by atoms with Crippen molar-refractivity contribution >= 4 is 21.9 Å². The van der Waals surface area contributed by atoms with E-state index < -0.39 is 0 Å². The minimum absolute atomic E-state index is 0. The fraction of sp³-hybridized carbons (Fsp3) is 0.128. The van der Waals surface area contributed by atoms with Gasteiger partial charge in [-0.15, -0.1) is 54.1 Å². The second-order valence-corrected chi connectivity index (χ2v) is 11.1. The summed E-state index contributed by atoms with van der Waals surface area (Å²) in [5.41, 5.74) is 10.4. The number of aryl methyl sites for hydroxylation is 2. The molecule has 0 saturated carbocycles. The van der Waals surface area contributed by atoms with E-state index in [-0.39, 0.29) is 25.5 Å². The molecule has 0 amide bonds. The third-order valence-corrected chi connectivity index (χ3v) is 7.72. The van der Waals surface area contributed by atoms with Gasteiger partial charge in [-0.1, -0.05) is 85.5 Å². The predicted molar refractivity (Wildman–Crippen MR) is 172 cm³/mol. The van der Waals surface area contributed by atoms with E-state index in [9.17, 15) is 0 Å². The van der Waals surface area contributed by atoms with E-state index in [2.05, 4.69) is 110 Å². The van der Waals surface area contributed by atoms with Gasteiger partial charge in [0.25, 0.3) is 0 Å². The number of furan rings is 1.